The van der Waals surface area contributed by atoms with E-state index in [0.717, 1.165) is 11.3 Å². The molecule has 1 N–H and O–H groups in total. The number of nitrogens with zero attached hydrogens (tertiary/aromatic N) is 1. The summed E-state index contributed by atoms with van der Waals surface area (Å²) in [7, 11) is 3.13. The van der Waals surface area contributed by atoms with E-state index in [1.54, 1.807) is 44.7 Å². The Morgan fingerprint density at radius 1 is 1.03 bits per heavy atom. The Morgan fingerprint density at radius 2 is 1.90 bits per heavy atom. The van der Waals surface area contributed by atoms with E-state index in [9.17, 15) is 4.79 Å². The van der Waals surface area contributed by atoms with E-state index in [0.29, 0.717) is 29.5 Å². The maximum atomic E-state index is 12.3. The minimum atomic E-state index is -0.267. The second kappa shape index (κ2) is 9.94. The third-order valence-corrected chi connectivity index (χ3v) is 4.06. The van der Waals surface area contributed by atoms with Gasteiger partial charge in [0.05, 0.1) is 19.9 Å². The summed E-state index contributed by atoms with van der Waals surface area (Å²) in [6.07, 6.45) is 4.84. The normalized spacial score (nSPS) is 10.6. The highest BCUT2D eigenvalue weighted by atomic mass is 16.5. The molecular formula is C23H22N2O4. The van der Waals surface area contributed by atoms with Gasteiger partial charge >= 0.3 is 0 Å². The van der Waals surface area contributed by atoms with E-state index in [1.807, 2.05) is 42.5 Å². The molecular weight excluding hydrogens is 368 g/mol. The summed E-state index contributed by atoms with van der Waals surface area (Å²) in [6.45, 7) is 0.355. The van der Waals surface area contributed by atoms with Crippen LogP contribution < -0.4 is 19.5 Å². The number of anilines is 1. The number of hydrogen-bond donors (Lipinski definition) is 1. The number of benzene rings is 2. The molecule has 6 heteroatoms. The Kier molecular flexibility index (Phi) is 6.84. The maximum absolute atomic E-state index is 12.3. The molecule has 29 heavy (non-hydrogen) atoms. The van der Waals surface area contributed by atoms with Crippen LogP contribution >= 0.6 is 0 Å². The van der Waals surface area contributed by atoms with Crippen molar-refractivity contribution in [2.24, 2.45) is 0 Å². The molecule has 0 unspecified atom stereocenters. The second-order valence-electron chi connectivity index (χ2n) is 6.04. The smallest absolute Gasteiger partial charge is 0.248 e. The summed E-state index contributed by atoms with van der Waals surface area (Å²) in [5.74, 6) is 1.56. The molecule has 0 atom stereocenters. The lowest BCUT2D eigenvalue weighted by Gasteiger charge is -2.10. The molecule has 1 heterocycles. The van der Waals surface area contributed by atoms with Crippen LogP contribution in [0.5, 0.6) is 17.2 Å². The molecule has 6 nitrogen and oxygen atoms in total. The largest absolute Gasteiger partial charge is 0.493 e. The van der Waals surface area contributed by atoms with Crippen molar-refractivity contribution in [3.05, 3.63) is 84.2 Å². The number of ether oxygens (including phenoxy) is 3. The first-order chi connectivity index (χ1) is 14.2. The van der Waals surface area contributed by atoms with E-state index < -0.39 is 0 Å². The number of pyridine rings is 1. The highest BCUT2D eigenvalue weighted by Gasteiger charge is 2.07. The summed E-state index contributed by atoms with van der Waals surface area (Å²) in [5, 5.41) is 2.82. The lowest BCUT2D eigenvalue weighted by Crippen LogP contribution is -2.08. The molecule has 1 aromatic heterocycles. The Morgan fingerprint density at radius 3 is 2.66 bits per heavy atom. The van der Waals surface area contributed by atoms with E-state index in [1.165, 1.54) is 6.08 Å². The summed E-state index contributed by atoms with van der Waals surface area (Å²) in [5.41, 5.74) is 2.21. The zero-order chi connectivity index (χ0) is 20.5. The van der Waals surface area contributed by atoms with Gasteiger partial charge < -0.3 is 19.5 Å². The number of rotatable bonds is 8. The van der Waals surface area contributed by atoms with Gasteiger partial charge in [-0.25, -0.2) is 0 Å². The zero-order valence-corrected chi connectivity index (χ0v) is 16.3. The first kappa shape index (κ1) is 19.9. The molecule has 148 valence electrons. The van der Waals surface area contributed by atoms with Gasteiger partial charge in [-0.1, -0.05) is 24.3 Å². The summed E-state index contributed by atoms with van der Waals surface area (Å²) < 4.78 is 16.4. The highest BCUT2D eigenvalue weighted by molar-refractivity contribution is 6.02. The van der Waals surface area contributed by atoms with Gasteiger partial charge in [0.1, 0.15) is 12.4 Å². The van der Waals surface area contributed by atoms with E-state index >= 15 is 0 Å². The zero-order valence-electron chi connectivity index (χ0n) is 16.3. The van der Waals surface area contributed by atoms with Crippen LogP contribution in [0.15, 0.2) is 72.9 Å². The van der Waals surface area contributed by atoms with Crippen LogP contribution in [0.1, 0.15) is 11.3 Å². The average molecular weight is 390 g/mol. The van der Waals surface area contributed by atoms with E-state index in [2.05, 4.69) is 10.3 Å². The summed E-state index contributed by atoms with van der Waals surface area (Å²) in [4.78, 5) is 16.5. The monoisotopic (exact) mass is 390 g/mol. The van der Waals surface area contributed by atoms with Crippen LogP contribution in [0.2, 0.25) is 0 Å². The molecule has 0 aliphatic heterocycles. The van der Waals surface area contributed by atoms with Crippen LogP contribution in [0.25, 0.3) is 6.08 Å². The predicted octanol–water partition coefficient (Wildman–Crippen LogP) is 4.33. The molecule has 2 aromatic carbocycles. The van der Waals surface area contributed by atoms with Crippen molar-refractivity contribution in [1.29, 1.82) is 0 Å². The molecule has 0 fully saturated rings. The van der Waals surface area contributed by atoms with Crippen molar-refractivity contribution in [2.75, 3.05) is 19.5 Å². The minimum Gasteiger partial charge on any atom is -0.493 e. The van der Waals surface area contributed by atoms with E-state index in [4.69, 9.17) is 14.2 Å². The topological polar surface area (TPSA) is 69.7 Å². The lowest BCUT2D eigenvalue weighted by molar-refractivity contribution is -0.111. The number of para-hydroxylation sites is 1. The summed E-state index contributed by atoms with van der Waals surface area (Å²) in [6, 6.07) is 18.3. The fraction of sp³-hybridized carbons (Fsp3) is 0.130. The number of aromatic nitrogens is 1. The van der Waals surface area contributed by atoms with Crippen LogP contribution in [0.4, 0.5) is 5.69 Å². The number of methoxy groups -OCH3 is 2. The van der Waals surface area contributed by atoms with Crippen molar-refractivity contribution in [2.45, 2.75) is 6.61 Å². The Balaban J connectivity index is 1.63. The van der Waals surface area contributed by atoms with Crippen LogP contribution in [0.3, 0.4) is 0 Å². The van der Waals surface area contributed by atoms with Gasteiger partial charge in [-0.3, -0.25) is 9.78 Å². The third-order valence-electron chi connectivity index (χ3n) is 4.06. The number of hydrogen-bond acceptors (Lipinski definition) is 5. The van der Waals surface area contributed by atoms with E-state index in [-0.39, 0.29) is 5.91 Å². The van der Waals surface area contributed by atoms with Crippen molar-refractivity contribution in [3.8, 4) is 17.2 Å². The standard InChI is InChI=1S/C23H22N2O4/c1-27-21-11-5-7-17(23(21)28-2)12-13-22(26)25-18-9-6-10-20(15-18)29-16-19-8-3-4-14-24-19/h3-15H,16H2,1-2H3,(H,25,26)/b13-12+. The molecule has 3 rings (SSSR count). The average Bonchev–Trinajstić information content (AvgIpc) is 2.77. The van der Waals surface area contributed by atoms with Gasteiger partial charge in [0, 0.05) is 29.6 Å². The van der Waals surface area contributed by atoms with Crippen LogP contribution in [-0.2, 0) is 11.4 Å². The molecule has 0 saturated heterocycles. The van der Waals surface area contributed by atoms with Crippen LogP contribution in [-0.4, -0.2) is 25.1 Å². The molecule has 0 spiro atoms. The number of amides is 1. The SMILES string of the molecule is COc1cccc(/C=C/C(=O)Nc2cccc(OCc3ccccn3)c2)c1OC. The van der Waals surface area contributed by atoms with Gasteiger partial charge in [-0.2, -0.15) is 0 Å². The summed E-state index contributed by atoms with van der Waals surface area (Å²) >= 11 is 0. The van der Waals surface area contributed by atoms with Gasteiger partial charge in [0.2, 0.25) is 5.91 Å². The molecule has 0 aliphatic carbocycles. The van der Waals surface area contributed by atoms with Gasteiger partial charge in [-0.05, 0) is 36.4 Å². The molecule has 3 aromatic rings. The molecule has 0 saturated carbocycles. The third kappa shape index (κ3) is 5.59. The van der Waals surface area contributed by atoms with Crippen molar-refractivity contribution < 1.29 is 19.0 Å². The van der Waals surface area contributed by atoms with Crippen molar-refractivity contribution in [3.63, 3.8) is 0 Å². The van der Waals surface area contributed by atoms with Crippen molar-refractivity contribution in [1.82, 2.24) is 4.98 Å². The molecule has 0 aliphatic rings. The first-order valence-electron chi connectivity index (χ1n) is 9.02. The van der Waals surface area contributed by atoms with Crippen molar-refractivity contribution >= 4 is 17.7 Å². The second-order valence-corrected chi connectivity index (χ2v) is 6.04. The Bertz CT molecular complexity index is 987. The fourth-order valence-corrected chi connectivity index (χ4v) is 2.70. The molecule has 0 bridgehead atoms. The Labute approximate surface area is 169 Å². The quantitative estimate of drug-likeness (QED) is 0.580. The van der Waals surface area contributed by atoms with Gasteiger partial charge in [0.25, 0.3) is 0 Å². The maximum Gasteiger partial charge on any atom is 0.248 e. The highest BCUT2D eigenvalue weighted by Crippen LogP contribution is 2.31. The number of carbonyl (C=O) groups is 1. The lowest BCUT2D eigenvalue weighted by atomic mass is 10.1. The van der Waals surface area contributed by atoms with Gasteiger partial charge in [-0.15, -0.1) is 0 Å². The number of nitrogens with one attached hydrogen (secondary N) is 1. The first-order valence-corrected chi connectivity index (χ1v) is 9.02. The molecule has 0 radical (unpaired) electrons. The van der Waals surface area contributed by atoms with Gasteiger partial charge in [0.15, 0.2) is 11.5 Å². The fourth-order valence-electron chi connectivity index (χ4n) is 2.70. The van der Waals surface area contributed by atoms with Crippen LogP contribution in [0, 0.1) is 0 Å². The number of carbonyl (C=O) groups excluding carboxylic acids is 1. The minimum absolute atomic E-state index is 0.267. The predicted molar refractivity (Wildman–Crippen MR) is 112 cm³/mol. The molecule has 1 amide bonds. The Hall–Kier alpha value is -3.80.